The van der Waals surface area contributed by atoms with Crippen LogP contribution in [0.25, 0.3) is 0 Å². The van der Waals surface area contributed by atoms with Crippen LogP contribution < -0.4 is 10.1 Å². The Balaban J connectivity index is 0.00000450. The van der Waals surface area contributed by atoms with E-state index in [1.165, 1.54) is 0 Å². The van der Waals surface area contributed by atoms with Crippen LogP contribution >= 0.6 is 10.0 Å². The molecular weight excluding hydrogens is 394 g/mol. The second kappa shape index (κ2) is 13.0. The third-order valence-electron chi connectivity index (χ3n) is 4.67. The number of alkyl carbamates (subject to hydrolysis) is 1. The fourth-order valence-electron chi connectivity index (χ4n) is 2.50. The average molecular weight is 432 g/mol. The van der Waals surface area contributed by atoms with Crippen molar-refractivity contribution >= 4 is 16.1 Å². The molecule has 0 saturated carbocycles. The van der Waals surface area contributed by atoms with Crippen LogP contribution in [0.1, 0.15) is 20.3 Å². The molecule has 7 nitrogen and oxygen atoms in total. The van der Waals surface area contributed by atoms with Gasteiger partial charge in [-0.2, -0.15) is 0 Å². The third kappa shape index (κ3) is 10.2. The van der Waals surface area contributed by atoms with Crippen molar-refractivity contribution in [1.29, 1.82) is 0 Å². The van der Waals surface area contributed by atoms with Crippen molar-refractivity contribution in [2.45, 2.75) is 26.2 Å². The van der Waals surface area contributed by atoms with Gasteiger partial charge < -0.3 is 29.0 Å². The van der Waals surface area contributed by atoms with E-state index < -0.39 is 10.0 Å². The number of nitrogens with one attached hydrogen (secondary N) is 1. The van der Waals surface area contributed by atoms with Crippen LogP contribution in [0.5, 0.6) is 5.75 Å². The highest BCUT2D eigenvalue weighted by atomic mass is 32.3. The summed E-state index contributed by atoms with van der Waals surface area (Å²) >= 11 is 0. The van der Waals surface area contributed by atoms with E-state index in [1.807, 2.05) is 24.3 Å². The summed E-state index contributed by atoms with van der Waals surface area (Å²) in [4.78, 5) is 11.7. The summed E-state index contributed by atoms with van der Waals surface area (Å²) in [5.41, 5.74) is 1.07. The van der Waals surface area contributed by atoms with Gasteiger partial charge in [0.15, 0.2) is 6.29 Å². The second-order valence-electron chi connectivity index (χ2n) is 7.33. The molecule has 1 saturated heterocycles. The number of amides is 1. The first-order valence-electron chi connectivity index (χ1n) is 10.1. The molecule has 1 aliphatic heterocycles. The van der Waals surface area contributed by atoms with Crippen LogP contribution in [0.15, 0.2) is 24.3 Å². The van der Waals surface area contributed by atoms with E-state index in [-0.39, 0.29) is 13.8 Å². The van der Waals surface area contributed by atoms with Gasteiger partial charge in [0.05, 0.1) is 33.0 Å². The Labute approximate surface area is 177 Å². The second-order valence-corrected chi connectivity index (χ2v) is 11.8. The van der Waals surface area contributed by atoms with Crippen LogP contribution in [-0.4, -0.2) is 76.0 Å². The van der Waals surface area contributed by atoms with Gasteiger partial charge in [-0.05, 0) is 36.0 Å². The summed E-state index contributed by atoms with van der Waals surface area (Å²) in [6, 6.07) is 7.74. The number of carbonyl (C=O) groups is 1. The maximum absolute atomic E-state index is 11.7. The Kier molecular flexibility index (Phi) is 10.6. The van der Waals surface area contributed by atoms with Gasteiger partial charge in [0.25, 0.3) is 0 Å². The highest BCUT2D eigenvalue weighted by Gasteiger charge is 2.15. The number of benzene rings is 1. The Morgan fingerprint density at radius 2 is 1.90 bits per heavy atom. The molecular formula is C21H37NO6S. The minimum atomic E-state index is -0.641. The number of carbonyl (C=O) groups excluding carboxylic acids is 1. The molecule has 1 fully saturated rings. The Hall–Kier alpha value is -1.48. The lowest BCUT2D eigenvalue weighted by molar-refractivity contribution is -0.0631. The zero-order chi connectivity index (χ0) is 21.0. The molecule has 1 aromatic carbocycles. The molecule has 0 bridgehead atoms. The van der Waals surface area contributed by atoms with Crippen molar-refractivity contribution in [3.8, 4) is 5.75 Å². The monoisotopic (exact) mass is 431 g/mol. The zero-order valence-electron chi connectivity index (χ0n) is 17.8. The minimum Gasteiger partial charge on any atom is -0.492 e. The van der Waals surface area contributed by atoms with Crippen molar-refractivity contribution < 1.29 is 29.9 Å². The SMILES string of the molecule is CCS(C)(C)CCOC(=O)NCCOc1ccc(COCCC2OCCO2)cc1.[HH]. The largest absolute Gasteiger partial charge is 0.492 e. The molecule has 1 aromatic rings. The quantitative estimate of drug-likeness (QED) is 0.483. The molecule has 0 aromatic heterocycles. The van der Waals surface area contributed by atoms with Gasteiger partial charge in [0, 0.05) is 13.6 Å². The molecule has 0 unspecified atom stereocenters. The standard InChI is InChI=1S/C21H35NO6S.H2/c1-4-29(2,3)16-15-28-21(23)22-10-12-25-19-7-5-18(6-8-19)17-24-11-9-20-26-13-14-27-20;/h5-8,20H,4,9-17H2,1-3H3,(H,22,23);1H. The lowest BCUT2D eigenvalue weighted by Crippen LogP contribution is -2.29. The maximum Gasteiger partial charge on any atom is 0.407 e. The molecule has 1 amide bonds. The highest BCUT2D eigenvalue weighted by molar-refractivity contribution is 8.32. The van der Waals surface area contributed by atoms with Gasteiger partial charge >= 0.3 is 6.09 Å². The molecule has 8 heteroatoms. The van der Waals surface area contributed by atoms with E-state index in [0.717, 1.165) is 29.2 Å². The van der Waals surface area contributed by atoms with Crippen LogP contribution in [0.3, 0.4) is 0 Å². The smallest absolute Gasteiger partial charge is 0.407 e. The van der Waals surface area contributed by atoms with E-state index in [4.69, 9.17) is 23.7 Å². The molecule has 1 N–H and O–H groups in total. The Morgan fingerprint density at radius 3 is 2.59 bits per heavy atom. The number of rotatable bonds is 13. The first-order chi connectivity index (χ1) is 14.0. The average Bonchev–Trinajstić information content (AvgIpc) is 3.23. The summed E-state index contributed by atoms with van der Waals surface area (Å²) in [7, 11) is -0.641. The van der Waals surface area contributed by atoms with Gasteiger partial charge in [-0.1, -0.05) is 19.1 Å². The predicted octanol–water partition coefficient (Wildman–Crippen LogP) is 3.40. The molecule has 1 aliphatic rings. The zero-order valence-corrected chi connectivity index (χ0v) is 18.6. The van der Waals surface area contributed by atoms with Crippen molar-refractivity contribution in [2.75, 3.05) is 63.6 Å². The molecule has 0 radical (unpaired) electrons. The van der Waals surface area contributed by atoms with Crippen LogP contribution in [0, 0.1) is 0 Å². The Bertz CT molecular complexity index is 596. The van der Waals surface area contributed by atoms with E-state index in [2.05, 4.69) is 24.8 Å². The van der Waals surface area contributed by atoms with Crippen molar-refractivity contribution in [3.63, 3.8) is 0 Å². The summed E-state index contributed by atoms with van der Waals surface area (Å²) < 4.78 is 27.2. The minimum absolute atomic E-state index is 0. The lowest BCUT2D eigenvalue weighted by atomic mass is 10.2. The van der Waals surface area contributed by atoms with E-state index in [1.54, 1.807) is 0 Å². The fraction of sp³-hybridized carbons (Fsp3) is 0.667. The molecule has 1 heterocycles. The number of hydrogen-bond acceptors (Lipinski definition) is 6. The molecule has 2 rings (SSSR count). The number of hydrogen-bond donors (Lipinski definition) is 1. The van der Waals surface area contributed by atoms with Crippen molar-refractivity contribution in [3.05, 3.63) is 29.8 Å². The summed E-state index contributed by atoms with van der Waals surface area (Å²) in [6.07, 6.45) is 4.73. The summed E-state index contributed by atoms with van der Waals surface area (Å²) in [5.74, 6) is 2.83. The Morgan fingerprint density at radius 1 is 1.17 bits per heavy atom. The van der Waals surface area contributed by atoms with Gasteiger partial charge in [-0.15, -0.1) is 0 Å². The van der Waals surface area contributed by atoms with Crippen molar-refractivity contribution in [1.82, 2.24) is 5.32 Å². The molecule has 0 spiro atoms. The summed E-state index contributed by atoms with van der Waals surface area (Å²) in [6.45, 7) is 5.90. The van der Waals surface area contributed by atoms with E-state index >= 15 is 0 Å². The van der Waals surface area contributed by atoms with Crippen LogP contribution in [-0.2, 0) is 25.6 Å². The number of ether oxygens (including phenoxy) is 5. The van der Waals surface area contributed by atoms with Crippen LogP contribution in [0.4, 0.5) is 4.79 Å². The predicted molar refractivity (Wildman–Crippen MR) is 118 cm³/mol. The highest BCUT2D eigenvalue weighted by Crippen LogP contribution is 2.38. The molecule has 168 valence electrons. The van der Waals surface area contributed by atoms with Gasteiger partial charge in [0.1, 0.15) is 19.0 Å². The third-order valence-corrected chi connectivity index (χ3v) is 7.51. The maximum atomic E-state index is 11.7. The van der Waals surface area contributed by atoms with Gasteiger partial charge in [0.2, 0.25) is 0 Å². The first kappa shape index (κ1) is 23.8. The fourth-order valence-corrected chi connectivity index (χ4v) is 3.33. The molecule has 0 aliphatic carbocycles. The summed E-state index contributed by atoms with van der Waals surface area (Å²) in [5, 5.41) is 2.71. The van der Waals surface area contributed by atoms with Crippen molar-refractivity contribution in [2.24, 2.45) is 0 Å². The van der Waals surface area contributed by atoms with E-state index in [0.29, 0.717) is 46.2 Å². The van der Waals surface area contributed by atoms with Crippen LogP contribution in [0.2, 0.25) is 0 Å². The van der Waals surface area contributed by atoms with Gasteiger partial charge in [-0.3, -0.25) is 0 Å². The lowest BCUT2D eigenvalue weighted by Gasteiger charge is -2.28. The first-order valence-corrected chi connectivity index (χ1v) is 12.9. The normalized spacial score (nSPS) is 15.3. The van der Waals surface area contributed by atoms with E-state index in [9.17, 15) is 4.79 Å². The molecule has 0 atom stereocenters. The molecule has 29 heavy (non-hydrogen) atoms. The topological polar surface area (TPSA) is 75.3 Å². The van der Waals surface area contributed by atoms with Gasteiger partial charge in [-0.25, -0.2) is 14.8 Å².